The third kappa shape index (κ3) is 5.12. The maximum atomic E-state index is 12.9. The van der Waals surface area contributed by atoms with Gasteiger partial charge in [-0.25, -0.2) is 4.79 Å². The van der Waals surface area contributed by atoms with Gasteiger partial charge in [-0.3, -0.25) is 14.2 Å². The van der Waals surface area contributed by atoms with E-state index in [1.807, 2.05) is 6.07 Å². The summed E-state index contributed by atoms with van der Waals surface area (Å²) in [5.74, 6) is -0.459. The van der Waals surface area contributed by atoms with Crippen LogP contribution in [0.2, 0.25) is 0 Å². The van der Waals surface area contributed by atoms with Crippen LogP contribution >= 0.6 is 11.3 Å². The van der Waals surface area contributed by atoms with Crippen molar-refractivity contribution in [1.82, 2.24) is 9.88 Å². The number of nitriles is 1. The predicted molar refractivity (Wildman–Crippen MR) is 110 cm³/mol. The first-order valence-electron chi connectivity index (χ1n) is 8.80. The molecule has 0 spiro atoms. The number of nitrogens with zero attached hydrogens (tertiary/aromatic N) is 2. The number of amides is 1. The molecule has 2 aromatic heterocycles. The molecule has 1 aromatic carbocycles. The van der Waals surface area contributed by atoms with E-state index in [0.717, 1.165) is 11.3 Å². The lowest BCUT2D eigenvalue weighted by atomic mass is 10.1. The van der Waals surface area contributed by atoms with Crippen molar-refractivity contribution in [2.75, 3.05) is 7.11 Å². The molecule has 1 amide bonds. The Balaban J connectivity index is 1.94. The Bertz CT molecular complexity index is 1260. The third-order valence-electron chi connectivity index (χ3n) is 4.06. The first kappa shape index (κ1) is 20.8. The van der Waals surface area contributed by atoms with Crippen molar-refractivity contribution >= 4 is 35.4 Å². The first-order chi connectivity index (χ1) is 14.5. The Morgan fingerprint density at radius 3 is 2.70 bits per heavy atom. The number of esters is 1. The van der Waals surface area contributed by atoms with Gasteiger partial charge in [-0.05, 0) is 35.9 Å². The van der Waals surface area contributed by atoms with E-state index < -0.39 is 17.4 Å². The molecule has 0 radical (unpaired) electrons. The number of methoxy groups -OCH3 is 1. The van der Waals surface area contributed by atoms with Crippen LogP contribution in [0.3, 0.4) is 0 Å². The van der Waals surface area contributed by atoms with Gasteiger partial charge in [0.15, 0.2) is 0 Å². The minimum atomic E-state index is -0.633. The van der Waals surface area contributed by atoms with Gasteiger partial charge in [-0.2, -0.15) is 5.26 Å². The SMILES string of the molecule is COC(=O)C=c1sc(=Cc2ccc(C#N)cc2)c(=O)n1CC(=O)NCc1ccco1. The van der Waals surface area contributed by atoms with Gasteiger partial charge in [-0.1, -0.05) is 12.1 Å². The van der Waals surface area contributed by atoms with Gasteiger partial charge >= 0.3 is 5.97 Å². The zero-order valence-electron chi connectivity index (χ0n) is 16.0. The van der Waals surface area contributed by atoms with Crippen LogP contribution in [0.5, 0.6) is 0 Å². The Morgan fingerprint density at radius 1 is 1.30 bits per heavy atom. The lowest BCUT2D eigenvalue weighted by molar-refractivity contribution is -0.133. The summed E-state index contributed by atoms with van der Waals surface area (Å²) in [6.07, 6.45) is 4.31. The third-order valence-corrected chi connectivity index (χ3v) is 5.12. The summed E-state index contributed by atoms with van der Waals surface area (Å²) in [6, 6.07) is 12.2. The van der Waals surface area contributed by atoms with Gasteiger partial charge in [0.1, 0.15) is 17.0 Å². The van der Waals surface area contributed by atoms with Crippen LogP contribution in [0.4, 0.5) is 0 Å². The quantitative estimate of drug-likeness (QED) is 0.577. The van der Waals surface area contributed by atoms with Gasteiger partial charge < -0.3 is 14.5 Å². The van der Waals surface area contributed by atoms with Crippen LogP contribution in [0.25, 0.3) is 12.2 Å². The van der Waals surface area contributed by atoms with E-state index in [0.29, 0.717) is 26.1 Å². The topological polar surface area (TPSA) is 114 Å². The van der Waals surface area contributed by atoms with Crippen molar-refractivity contribution in [2.24, 2.45) is 0 Å². The molecule has 3 rings (SSSR count). The minimum Gasteiger partial charge on any atom is -0.467 e. The van der Waals surface area contributed by atoms with E-state index in [-0.39, 0.29) is 13.1 Å². The highest BCUT2D eigenvalue weighted by molar-refractivity contribution is 7.07. The van der Waals surface area contributed by atoms with Crippen LogP contribution in [0.1, 0.15) is 16.9 Å². The molecular weight excluding hydrogens is 406 g/mol. The Hall–Kier alpha value is -3.90. The van der Waals surface area contributed by atoms with Crippen molar-refractivity contribution in [3.63, 3.8) is 0 Å². The van der Waals surface area contributed by atoms with Crippen molar-refractivity contribution in [1.29, 1.82) is 5.26 Å². The van der Waals surface area contributed by atoms with E-state index in [1.165, 1.54) is 24.0 Å². The average Bonchev–Trinajstić information content (AvgIpc) is 3.37. The van der Waals surface area contributed by atoms with E-state index in [1.54, 1.807) is 42.5 Å². The summed E-state index contributed by atoms with van der Waals surface area (Å²) in [5.41, 5.74) is 0.808. The fourth-order valence-corrected chi connectivity index (χ4v) is 3.59. The normalized spacial score (nSPS) is 11.9. The standard InChI is InChI=1S/C21H17N3O5S/c1-28-20(26)10-19-24(13-18(25)23-12-16-3-2-8-29-16)21(27)17(30-19)9-14-4-6-15(11-22)7-5-14/h2-10H,12-13H2,1H3,(H,23,25). The highest BCUT2D eigenvalue weighted by Crippen LogP contribution is 2.03. The monoisotopic (exact) mass is 423 g/mol. The molecule has 152 valence electrons. The number of rotatable bonds is 6. The molecule has 0 aliphatic rings. The fraction of sp³-hybridized carbons (Fsp3) is 0.143. The molecule has 0 saturated carbocycles. The molecule has 0 saturated heterocycles. The summed E-state index contributed by atoms with van der Waals surface area (Å²) in [6.45, 7) is -0.0783. The second kappa shape index (κ2) is 9.54. The fourth-order valence-electron chi connectivity index (χ4n) is 2.56. The molecule has 0 bridgehead atoms. The molecule has 0 fully saturated rings. The molecule has 0 aliphatic heterocycles. The number of carbonyl (C=O) groups excluding carboxylic acids is 2. The number of hydrogen-bond acceptors (Lipinski definition) is 7. The molecule has 9 heteroatoms. The van der Waals surface area contributed by atoms with Crippen molar-refractivity contribution in [3.05, 3.63) is 79.1 Å². The Labute approximate surface area is 174 Å². The number of aromatic nitrogens is 1. The number of hydrogen-bond donors (Lipinski definition) is 1. The van der Waals surface area contributed by atoms with E-state index in [4.69, 9.17) is 9.68 Å². The van der Waals surface area contributed by atoms with Gasteiger partial charge in [-0.15, -0.1) is 11.3 Å². The lowest BCUT2D eigenvalue weighted by Crippen LogP contribution is -2.38. The highest BCUT2D eigenvalue weighted by atomic mass is 32.1. The molecule has 30 heavy (non-hydrogen) atoms. The number of nitrogens with one attached hydrogen (secondary N) is 1. The maximum absolute atomic E-state index is 12.9. The maximum Gasteiger partial charge on any atom is 0.333 e. The molecule has 3 aromatic rings. The second-order valence-electron chi connectivity index (χ2n) is 6.10. The highest BCUT2D eigenvalue weighted by Gasteiger charge is 2.11. The van der Waals surface area contributed by atoms with E-state index >= 15 is 0 Å². The van der Waals surface area contributed by atoms with Gasteiger partial charge in [0.25, 0.3) is 5.56 Å². The molecule has 0 aliphatic carbocycles. The van der Waals surface area contributed by atoms with E-state index in [9.17, 15) is 14.4 Å². The van der Waals surface area contributed by atoms with Gasteiger partial charge in [0.2, 0.25) is 5.91 Å². The molecular formula is C21H17N3O5S. The van der Waals surface area contributed by atoms with Gasteiger partial charge in [0, 0.05) is 0 Å². The molecule has 0 atom stereocenters. The number of furan rings is 1. The summed E-state index contributed by atoms with van der Waals surface area (Å²) in [4.78, 5) is 36.9. The van der Waals surface area contributed by atoms with Crippen LogP contribution in [-0.4, -0.2) is 23.6 Å². The first-order valence-corrected chi connectivity index (χ1v) is 9.62. The Morgan fingerprint density at radius 2 is 2.07 bits per heavy atom. The van der Waals surface area contributed by atoms with Crippen LogP contribution in [0.15, 0.2) is 51.9 Å². The number of ether oxygens (including phenoxy) is 1. The molecule has 1 N–H and O–H groups in total. The summed E-state index contributed by atoms with van der Waals surface area (Å²) < 4.78 is 11.7. The van der Waals surface area contributed by atoms with E-state index in [2.05, 4.69) is 10.1 Å². The number of benzene rings is 1. The number of carbonyl (C=O) groups is 2. The zero-order valence-corrected chi connectivity index (χ0v) is 16.8. The van der Waals surface area contributed by atoms with Crippen molar-refractivity contribution < 1.29 is 18.7 Å². The van der Waals surface area contributed by atoms with Crippen molar-refractivity contribution in [3.8, 4) is 6.07 Å². The largest absolute Gasteiger partial charge is 0.467 e. The summed E-state index contributed by atoms with van der Waals surface area (Å²) in [5, 5.41) is 11.6. The minimum absolute atomic E-state index is 0.186. The Kier molecular flexibility index (Phi) is 6.62. The van der Waals surface area contributed by atoms with Crippen LogP contribution in [0, 0.1) is 11.3 Å². The summed E-state index contributed by atoms with van der Waals surface area (Å²) >= 11 is 1.07. The summed E-state index contributed by atoms with van der Waals surface area (Å²) in [7, 11) is 1.23. The molecule has 2 heterocycles. The molecule has 8 nitrogen and oxygen atoms in total. The lowest BCUT2D eigenvalue weighted by Gasteiger charge is -2.04. The smallest absolute Gasteiger partial charge is 0.333 e. The average molecular weight is 423 g/mol. The van der Waals surface area contributed by atoms with Gasteiger partial charge in [0.05, 0.1) is 42.2 Å². The second-order valence-corrected chi connectivity index (χ2v) is 7.16. The number of thiazole rings is 1. The predicted octanol–water partition coefficient (Wildman–Crippen LogP) is 0.473. The molecule has 0 unspecified atom stereocenters. The van der Waals surface area contributed by atoms with Crippen LogP contribution < -0.4 is 20.1 Å². The van der Waals surface area contributed by atoms with Crippen LogP contribution in [-0.2, 0) is 27.4 Å². The zero-order chi connectivity index (χ0) is 21.5. The van der Waals surface area contributed by atoms with Crippen molar-refractivity contribution in [2.45, 2.75) is 13.1 Å².